The second-order valence-corrected chi connectivity index (χ2v) is 4.05. The van der Waals surface area contributed by atoms with Gasteiger partial charge in [0.25, 0.3) is 5.91 Å². The fraction of sp³-hybridized carbons (Fsp3) is 0.462. The van der Waals surface area contributed by atoms with Gasteiger partial charge in [-0.25, -0.2) is 0 Å². The molecule has 0 atom stereocenters. The molecule has 0 unspecified atom stereocenters. The molecule has 1 amide bonds. The average molecular weight is 236 g/mol. The first-order chi connectivity index (χ1) is 8.13. The van der Waals surface area contributed by atoms with Gasteiger partial charge in [-0.05, 0) is 38.4 Å². The molecule has 0 fully saturated rings. The summed E-state index contributed by atoms with van der Waals surface area (Å²) in [6.45, 7) is 5.23. The normalized spacial score (nSPS) is 10.1. The highest BCUT2D eigenvalue weighted by Gasteiger charge is 2.04. The van der Waals surface area contributed by atoms with Gasteiger partial charge in [-0.15, -0.1) is 0 Å². The standard InChI is InChI=1S/C13H20N2O2/c1-10-4-5-12(11(2)8-10)17-9-13(16)15-7-3-6-14/h4-5,8H,3,6-7,9,14H2,1-2H3,(H,15,16). The van der Waals surface area contributed by atoms with Crippen LogP contribution < -0.4 is 15.8 Å². The Hall–Kier alpha value is -1.55. The SMILES string of the molecule is Cc1ccc(OCC(=O)NCCCN)c(C)c1. The fourth-order valence-corrected chi connectivity index (χ4v) is 1.49. The van der Waals surface area contributed by atoms with Gasteiger partial charge in [0, 0.05) is 6.54 Å². The first kappa shape index (κ1) is 13.5. The first-order valence-electron chi connectivity index (χ1n) is 5.80. The molecule has 0 heterocycles. The lowest BCUT2D eigenvalue weighted by Gasteiger charge is -2.09. The van der Waals surface area contributed by atoms with Crippen molar-refractivity contribution in [2.45, 2.75) is 20.3 Å². The molecule has 1 rings (SSSR count). The van der Waals surface area contributed by atoms with Crippen LogP contribution in [0.5, 0.6) is 5.75 Å². The molecule has 94 valence electrons. The zero-order valence-corrected chi connectivity index (χ0v) is 10.5. The molecular formula is C13H20N2O2. The average Bonchev–Trinajstić information content (AvgIpc) is 2.28. The van der Waals surface area contributed by atoms with Crippen LogP contribution in [0.15, 0.2) is 18.2 Å². The fourth-order valence-electron chi connectivity index (χ4n) is 1.49. The van der Waals surface area contributed by atoms with Crippen LogP contribution in [0, 0.1) is 13.8 Å². The highest BCUT2D eigenvalue weighted by atomic mass is 16.5. The third kappa shape index (κ3) is 4.87. The van der Waals surface area contributed by atoms with Crippen molar-refractivity contribution in [3.8, 4) is 5.75 Å². The highest BCUT2D eigenvalue weighted by Crippen LogP contribution is 2.18. The minimum Gasteiger partial charge on any atom is -0.484 e. The van der Waals surface area contributed by atoms with Gasteiger partial charge >= 0.3 is 0 Å². The lowest BCUT2D eigenvalue weighted by Crippen LogP contribution is -2.30. The van der Waals surface area contributed by atoms with Gasteiger partial charge in [0.2, 0.25) is 0 Å². The first-order valence-corrected chi connectivity index (χ1v) is 5.80. The Morgan fingerprint density at radius 1 is 1.41 bits per heavy atom. The molecule has 1 aromatic carbocycles. The van der Waals surface area contributed by atoms with E-state index >= 15 is 0 Å². The maximum Gasteiger partial charge on any atom is 0.257 e. The summed E-state index contributed by atoms with van der Waals surface area (Å²) in [6.07, 6.45) is 0.787. The van der Waals surface area contributed by atoms with Crippen LogP contribution >= 0.6 is 0 Å². The van der Waals surface area contributed by atoms with Crippen LogP contribution in [0.25, 0.3) is 0 Å². The molecule has 0 spiro atoms. The van der Waals surface area contributed by atoms with Gasteiger partial charge in [0.15, 0.2) is 6.61 Å². The Kier molecular flexibility index (Phi) is 5.49. The predicted octanol–water partition coefficient (Wildman–Crippen LogP) is 1.15. The van der Waals surface area contributed by atoms with Crippen molar-refractivity contribution in [1.29, 1.82) is 0 Å². The summed E-state index contributed by atoms with van der Waals surface area (Å²) >= 11 is 0. The number of amides is 1. The number of benzene rings is 1. The molecule has 0 aliphatic heterocycles. The summed E-state index contributed by atoms with van der Waals surface area (Å²) < 4.78 is 5.44. The molecule has 0 radical (unpaired) electrons. The Bertz CT molecular complexity index is 378. The third-order valence-corrected chi connectivity index (χ3v) is 2.39. The van der Waals surface area contributed by atoms with E-state index in [2.05, 4.69) is 5.32 Å². The quantitative estimate of drug-likeness (QED) is 0.728. The molecule has 0 saturated carbocycles. The largest absolute Gasteiger partial charge is 0.484 e. The van der Waals surface area contributed by atoms with E-state index in [1.54, 1.807) is 0 Å². The van der Waals surface area contributed by atoms with E-state index in [-0.39, 0.29) is 12.5 Å². The van der Waals surface area contributed by atoms with Crippen LogP contribution in [0.3, 0.4) is 0 Å². The van der Waals surface area contributed by atoms with E-state index in [0.29, 0.717) is 13.1 Å². The van der Waals surface area contributed by atoms with Crippen LogP contribution in [0.4, 0.5) is 0 Å². The maximum absolute atomic E-state index is 11.4. The highest BCUT2D eigenvalue weighted by molar-refractivity contribution is 5.77. The van der Waals surface area contributed by atoms with Crippen LogP contribution in [0.2, 0.25) is 0 Å². The molecule has 0 aromatic heterocycles. The summed E-state index contributed by atoms with van der Waals surface area (Å²) in [4.78, 5) is 11.4. The molecule has 4 nitrogen and oxygen atoms in total. The molecule has 0 aliphatic rings. The van der Waals surface area contributed by atoms with Crippen molar-refractivity contribution >= 4 is 5.91 Å². The van der Waals surface area contributed by atoms with Crippen molar-refractivity contribution in [2.24, 2.45) is 5.73 Å². The number of nitrogens with two attached hydrogens (primary N) is 1. The third-order valence-electron chi connectivity index (χ3n) is 2.39. The molecule has 0 saturated heterocycles. The van der Waals surface area contributed by atoms with Crippen molar-refractivity contribution in [1.82, 2.24) is 5.32 Å². The molecule has 0 bridgehead atoms. The van der Waals surface area contributed by atoms with Gasteiger partial charge in [-0.1, -0.05) is 17.7 Å². The number of hydrogen-bond donors (Lipinski definition) is 2. The molecular weight excluding hydrogens is 216 g/mol. The minimum atomic E-state index is -0.113. The van der Waals surface area contributed by atoms with Gasteiger partial charge in [-0.2, -0.15) is 0 Å². The van der Waals surface area contributed by atoms with Gasteiger partial charge in [-0.3, -0.25) is 4.79 Å². The van der Waals surface area contributed by atoms with E-state index in [1.807, 2.05) is 32.0 Å². The Balaban J connectivity index is 2.37. The number of hydrogen-bond acceptors (Lipinski definition) is 3. The number of rotatable bonds is 6. The van der Waals surface area contributed by atoms with Crippen LogP contribution in [0.1, 0.15) is 17.5 Å². The van der Waals surface area contributed by atoms with Crippen molar-refractivity contribution in [2.75, 3.05) is 19.7 Å². The topological polar surface area (TPSA) is 64.3 Å². The lowest BCUT2D eigenvalue weighted by atomic mass is 10.1. The van der Waals surface area contributed by atoms with Crippen LogP contribution in [-0.4, -0.2) is 25.6 Å². The monoisotopic (exact) mass is 236 g/mol. The van der Waals surface area contributed by atoms with Crippen molar-refractivity contribution in [3.63, 3.8) is 0 Å². The Morgan fingerprint density at radius 2 is 2.18 bits per heavy atom. The number of carbonyl (C=O) groups is 1. The van der Waals surface area contributed by atoms with Gasteiger partial charge < -0.3 is 15.8 Å². The van der Waals surface area contributed by atoms with E-state index < -0.39 is 0 Å². The number of carbonyl (C=O) groups excluding carboxylic acids is 1. The Labute approximate surface area is 102 Å². The molecule has 0 aliphatic carbocycles. The molecule has 3 N–H and O–H groups in total. The number of ether oxygens (including phenoxy) is 1. The summed E-state index contributed by atoms with van der Waals surface area (Å²) in [5, 5.41) is 2.74. The van der Waals surface area contributed by atoms with Gasteiger partial charge in [0.05, 0.1) is 0 Å². The smallest absolute Gasteiger partial charge is 0.257 e. The lowest BCUT2D eigenvalue weighted by molar-refractivity contribution is -0.123. The van der Waals surface area contributed by atoms with E-state index in [9.17, 15) is 4.79 Å². The molecule has 17 heavy (non-hydrogen) atoms. The zero-order chi connectivity index (χ0) is 12.7. The maximum atomic E-state index is 11.4. The predicted molar refractivity (Wildman–Crippen MR) is 68.1 cm³/mol. The van der Waals surface area contributed by atoms with Crippen molar-refractivity contribution < 1.29 is 9.53 Å². The summed E-state index contributed by atoms with van der Waals surface area (Å²) in [6, 6.07) is 5.88. The Morgan fingerprint density at radius 3 is 2.82 bits per heavy atom. The summed E-state index contributed by atoms with van der Waals surface area (Å²) in [5.74, 6) is 0.642. The summed E-state index contributed by atoms with van der Waals surface area (Å²) in [7, 11) is 0. The number of aryl methyl sites for hydroxylation is 2. The molecule has 4 heteroatoms. The van der Waals surface area contributed by atoms with E-state index in [4.69, 9.17) is 10.5 Å². The molecule has 1 aromatic rings. The van der Waals surface area contributed by atoms with Gasteiger partial charge in [0.1, 0.15) is 5.75 Å². The van der Waals surface area contributed by atoms with Crippen molar-refractivity contribution in [3.05, 3.63) is 29.3 Å². The number of nitrogens with one attached hydrogen (secondary N) is 1. The summed E-state index contributed by atoms with van der Waals surface area (Å²) in [5.41, 5.74) is 7.56. The second kappa shape index (κ2) is 6.91. The minimum absolute atomic E-state index is 0.0501. The zero-order valence-electron chi connectivity index (χ0n) is 10.5. The van der Waals surface area contributed by atoms with E-state index in [1.165, 1.54) is 5.56 Å². The van der Waals surface area contributed by atoms with E-state index in [0.717, 1.165) is 17.7 Å². The second-order valence-electron chi connectivity index (χ2n) is 4.05. The van der Waals surface area contributed by atoms with Crippen LogP contribution in [-0.2, 0) is 4.79 Å².